The second-order valence-electron chi connectivity index (χ2n) is 3.75. The number of esters is 1. The van der Waals surface area contributed by atoms with Crippen molar-refractivity contribution < 1.29 is 9.53 Å². The SMILES string of the molecule is COC(=O)c1ncn(CCc2ncn(C)n2)c1N. The molecule has 0 fully saturated rings. The van der Waals surface area contributed by atoms with E-state index in [0.717, 1.165) is 0 Å². The molecule has 18 heavy (non-hydrogen) atoms. The second kappa shape index (κ2) is 4.86. The van der Waals surface area contributed by atoms with Gasteiger partial charge in [-0.15, -0.1) is 0 Å². The summed E-state index contributed by atoms with van der Waals surface area (Å²) in [5, 5.41) is 4.15. The Labute approximate surface area is 103 Å². The van der Waals surface area contributed by atoms with Gasteiger partial charge in [0.1, 0.15) is 12.1 Å². The lowest BCUT2D eigenvalue weighted by molar-refractivity contribution is 0.0596. The van der Waals surface area contributed by atoms with Gasteiger partial charge in [-0.1, -0.05) is 0 Å². The molecular weight excluding hydrogens is 236 g/mol. The largest absolute Gasteiger partial charge is 0.464 e. The highest BCUT2D eigenvalue weighted by Crippen LogP contribution is 2.11. The first-order valence-electron chi connectivity index (χ1n) is 5.35. The minimum Gasteiger partial charge on any atom is -0.464 e. The normalized spacial score (nSPS) is 10.6. The summed E-state index contributed by atoms with van der Waals surface area (Å²) >= 11 is 0. The van der Waals surface area contributed by atoms with Gasteiger partial charge in [0.05, 0.1) is 13.4 Å². The topological polar surface area (TPSA) is 101 Å². The average molecular weight is 250 g/mol. The third-order valence-electron chi connectivity index (χ3n) is 2.48. The van der Waals surface area contributed by atoms with Crippen molar-refractivity contribution in [3.63, 3.8) is 0 Å². The third kappa shape index (κ3) is 2.31. The molecule has 0 spiro atoms. The van der Waals surface area contributed by atoms with E-state index >= 15 is 0 Å². The summed E-state index contributed by atoms with van der Waals surface area (Å²) in [6, 6.07) is 0. The van der Waals surface area contributed by atoms with Crippen LogP contribution in [0.5, 0.6) is 0 Å². The van der Waals surface area contributed by atoms with Crippen molar-refractivity contribution >= 4 is 11.8 Å². The number of carbonyl (C=O) groups excluding carboxylic acids is 1. The van der Waals surface area contributed by atoms with Crippen LogP contribution in [-0.2, 0) is 24.8 Å². The van der Waals surface area contributed by atoms with Crippen LogP contribution in [0.2, 0.25) is 0 Å². The molecule has 2 N–H and O–H groups in total. The van der Waals surface area contributed by atoms with E-state index in [0.29, 0.717) is 18.8 Å². The van der Waals surface area contributed by atoms with E-state index in [4.69, 9.17) is 5.73 Å². The number of rotatable bonds is 4. The number of hydrogen-bond acceptors (Lipinski definition) is 6. The Hall–Kier alpha value is -2.38. The molecule has 0 radical (unpaired) electrons. The molecule has 0 atom stereocenters. The fourth-order valence-corrected chi connectivity index (χ4v) is 1.54. The lowest BCUT2D eigenvalue weighted by Gasteiger charge is -2.03. The quantitative estimate of drug-likeness (QED) is 0.742. The number of methoxy groups -OCH3 is 1. The van der Waals surface area contributed by atoms with Gasteiger partial charge in [0.15, 0.2) is 11.5 Å². The smallest absolute Gasteiger partial charge is 0.360 e. The van der Waals surface area contributed by atoms with Crippen molar-refractivity contribution in [2.45, 2.75) is 13.0 Å². The monoisotopic (exact) mass is 250 g/mol. The van der Waals surface area contributed by atoms with Crippen LogP contribution in [0.4, 0.5) is 5.82 Å². The molecule has 8 nitrogen and oxygen atoms in total. The molecular formula is C10H14N6O2. The number of carbonyl (C=O) groups is 1. The maximum Gasteiger partial charge on any atom is 0.360 e. The molecule has 96 valence electrons. The van der Waals surface area contributed by atoms with Crippen LogP contribution in [-0.4, -0.2) is 37.4 Å². The van der Waals surface area contributed by atoms with Crippen LogP contribution in [0, 0.1) is 0 Å². The van der Waals surface area contributed by atoms with Gasteiger partial charge in [0, 0.05) is 20.0 Å². The number of hydrogen-bond donors (Lipinski definition) is 1. The molecule has 2 heterocycles. The van der Waals surface area contributed by atoms with E-state index in [1.807, 2.05) is 0 Å². The number of nitrogens with zero attached hydrogens (tertiary/aromatic N) is 5. The molecule has 0 aliphatic carbocycles. The average Bonchev–Trinajstić information content (AvgIpc) is 2.92. The Balaban J connectivity index is 2.06. The fraction of sp³-hybridized carbons (Fsp3) is 0.400. The van der Waals surface area contributed by atoms with E-state index in [-0.39, 0.29) is 11.5 Å². The molecule has 2 aromatic rings. The number of imidazole rings is 1. The van der Waals surface area contributed by atoms with Crippen molar-refractivity contribution in [1.82, 2.24) is 24.3 Å². The summed E-state index contributed by atoms with van der Waals surface area (Å²) in [5.41, 5.74) is 5.93. The van der Waals surface area contributed by atoms with Gasteiger partial charge in [0.25, 0.3) is 0 Å². The zero-order valence-electron chi connectivity index (χ0n) is 10.2. The highest BCUT2D eigenvalue weighted by Gasteiger charge is 2.16. The van der Waals surface area contributed by atoms with Crippen LogP contribution >= 0.6 is 0 Å². The maximum atomic E-state index is 11.3. The van der Waals surface area contributed by atoms with Gasteiger partial charge >= 0.3 is 5.97 Å². The Morgan fingerprint density at radius 1 is 1.44 bits per heavy atom. The zero-order valence-corrected chi connectivity index (χ0v) is 10.2. The molecule has 0 bridgehead atoms. The number of nitrogens with two attached hydrogens (primary N) is 1. The molecule has 0 unspecified atom stereocenters. The lowest BCUT2D eigenvalue weighted by atomic mass is 10.4. The molecule has 0 amide bonds. The molecule has 2 aromatic heterocycles. The number of ether oxygens (including phenoxy) is 1. The van der Waals surface area contributed by atoms with Gasteiger partial charge in [-0.2, -0.15) is 5.10 Å². The number of anilines is 1. The van der Waals surface area contributed by atoms with Crippen LogP contribution in [0.3, 0.4) is 0 Å². The minimum atomic E-state index is -0.540. The Morgan fingerprint density at radius 2 is 2.22 bits per heavy atom. The fourth-order valence-electron chi connectivity index (χ4n) is 1.54. The molecule has 0 saturated carbocycles. The van der Waals surface area contributed by atoms with Crippen molar-refractivity contribution in [2.24, 2.45) is 7.05 Å². The highest BCUT2D eigenvalue weighted by molar-refractivity contribution is 5.91. The van der Waals surface area contributed by atoms with Crippen molar-refractivity contribution in [3.8, 4) is 0 Å². The number of aryl methyl sites for hydroxylation is 3. The molecule has 0 saturated heterocycles. The Bertz CT molecular complexity index is 558. The number of nitrogen functional groups attached to an aromatic ring is 1. The molecule has 2 rings (SSSR count). The van der Waals surface area contributed by atoms with E-state index < -0.39 is 5.97 Å². The summed E-state index contributed by atoms with van der Waals surface area (Å²) in [5.74, 6) is 0.463. The maximum absolute atomic E-state index is 11.3. The molecule has 0 aliphatic rings. The summed E-state index contributed by atoms with van der Waals surface area (Å²) in [6.07, 6.45) is 3.75. The van der Waals surface area contributed by atoms with Crippen LogP contribution < -0.4 is 5.73 Å². The third-order valence-corrected chi connectivity index (χ3v) is 2.48. The van der Waals surface area contributed by atoms with Gasteiger partial charge in [-0.3, -0.25) is 4.68 Å². The highest BCUT2D eigenvalue weighted by atomic mass is 16.5. The predicted octanol–water partition coefficient (Wildman–Crippen LogP) is -0.377. The van der Waals surface area contributed by atoms with Crippen LogP contribution in [0.1, 0.15) is 16.3 Å². The Kier molecular flexibility index (Phi) is 3.26. The summed E-state index contributed by atoms with van der Waals surface area (Å²) in [4.78, 5) is 19.3. The number of aromatic nitrogens is 5. The first-order valence-corrected chi connectivity index (χ1v) is 5.35. The van der Waals surface area contributed by atoms with Crippen LogP contribution in [0.25, 0.3) is 0 Å². The molecule has 8 heteroatoms. The standard InChI is InChI=1S/C10H14N6O2/c1-15-5-12-7(14-15)3-4-16-6-13-8(9(16)11)10(17)18-2/h5-6H,3-4,11H2,1-2H3. The summed E-state index contributed by atoms with van der Waals surface area (Å²) in [7, 11) is 3.09. The first kappa shape index (κ1) is 12.1. The zero-order chi connectivity index (χ0) is 13.1. The first-order chi connectivity index (χ1) is 8.61. The molecule has 0 aromatic carbocycles. The minimum absolute atomic E-state index is 0.131. The lowest BCUT2D eigenvalue weighted by Crippen LogP contribution is -2.09. The summed E-state index contributed by atoms with van der Waals surface area (Å²) in [6.45, 7) is 0.555. The summed E-state index contributed by atoms with van der Waals surface area (Å²) < 4.78 is 7.87. The van der Waals surface area contributed by atoms with Crippen LogP contribution in [0.15, 0.2) is 12.7 Å². The second-order valence-corrected chi connectivity index (χ2v) is 3.75. The molecule has 0 aliphatic heterocycles. The predicted molar refractivity (Wildman–Crippen MR) is 62.7 cm³/mol. The van der Waals surface area contributed by atoms with E-state index in [1.165, 1.54) is 13.4 Å². The van der Waals surface area contributed by atoms with Gasteiger partial charge in [-0.05, 0) is 0 Å². The van der Waals surface area contributed by atoms with E-state index in [2.05, 4.69) is 19.8 Å². The Morgan fingerprint density at radius 3 is 2.83 bits per heavy atom. The van der Waals surface area contributed by atoms with Crippen molar-refractivity contribution in [2.75, 3.05) is 12.8 Å². The van der Waals surface area contributed by atoms with E-state index in [9.17, 15) is 4.79 Å². The van der Waals surface area contributed by atoms with Gasteiger partial charge in [0.2, 0.25) is 0 Å². The van der Waals surface area contributed by atoms with Gasteiger partial charge < -0.3 is 15.0 Å². The van der Waals surface area contributed by atoms with Crippen molar-refractivity contribution in [1.29, 1.82) is 0 Å². The van der Waals surface area contributed by atoms with Crippen molar-refractivity contribution in [3.05, 3.63) is 24.2 Å². The van der Waals surface area contributed by atoms with Gasteiger partial charge in [-0.25, -0.2) is 14.8 Å². The van der Waals surface area contributed by atoms with E-state index in [1.54, 1.807) is 22.6 Å².